The molecule has 0 aromatic carbocycles. The summed E-state index contributed by atoms with van der Waals surface area (Å²) in [5, 5.41) is 11.1. The number of aromatic nitrogens is 2. The minimum Gasteiger partial charge on any atom is -0.480 e. The molecule has 1 fully saturated rings. The number of rotatable bonds is 3. The van der Waals surface area contributed by atoms with E-state index in [2.05, 4.69) is 4.98 Å². The summed E-state index contributed by atoms with van der Waals surface area (Å²) in [7, 11) is 0. The van der Waals surface area contributed by atoms with E-state index in [9.17, 15) is 14.7 Å². The lowest BCUT2D eigenvalue weighted by molar-refractivity contribution is -0.149. The average Bonchev–Trinajstić information content (AvgIpc) is 2.99. The van der Waals surface area contributed by atoms with Crippen molar-refractivity contribution in [2.24, 2.45) is 0 Å². The van der Waals surface area contributed by atoms with Crippen LogP contribution in [-0.4, -0.2) is 55.4 Å². The van der Waals surface area contributed by atoms with Crippen LogP contribution in [0.25, 0.3) is 4.96 Å². The molecule has 112 valence electrons. The van der Waals surface area contributed by atoms with Crippen molar-refractivity contribution < 1.29 is 14.7 Å². The number of amides is 1. The highest BCUT2D eigenvalue weighted by atomic mass is 32.2. The van der Waals surface area contributed by atoms with Crippen LogP contribution in [-0.2, 0) is 16.0 Å². The third kappa shape index (κ3) is 2.77. The molecule has 2 aromatic heterocycles. The fourth-order valence-corrected chi connectivity index (χ4v) is 4.39. The highest BCUT2D eigenvalue weighted by molar-refractivity contribution is 7.99. The first-order chi connectivity index (χ1) is 10.1. The zero-order valence-electron chi connectivity index (χ0n) is 11.5. The van der Waals surface area contributed by atoms with Gasteiger partial charge >= 0.3 is 5.97 Å². The summed E-state index contributed by atoms with van der Waals surface area (Å²) >= 11 is 3.07. The number of nitrogens with zero attached hydrogens (tertiary/aromatic N) is 3. The summed E-state index contributed by atoms with van der Waals surface area (Å²) in [6.45, 7) is 2.41. The smallest absolute Gasteiger partial charge is 0.327 e. The number of thiazole rings is 1. The topological polar surface area (TPSA) is 74.9 Å². The van der Waals surface area contributed by atoms with Crippen LogP contribution in [0.3, 0.4) is 0 Å². The first-order valence-electron chi connectivity index (χ1n) is 6.58. The Kier molecular flexibility index (Phi) is 3.90. The van der Waals surface area contributed by atoms with Crippen LogP contribution in [0.15, 0.2) is 11.6 Å². The Morgan fingerprint density at radius 3 is 3.10 bits per heavy atom. The molecule has 0 radical (unpaired) electrons. The van der Waals surface area contributed by atoms with Gasteiger partial charge in [-0.3, -0.25) is 9.20 Å². The fraction of sp³-hybridized carbons (Fsp3) is 0.462. The highest BCUT2D eigenvalue weighted by Gasteiger charge is 2.32. The minimum atomic E-state index is -0.926. The first kappa shape index (κ1) is 14.4. The molecule has 0 aliphatic carbocycles. The Labute approximate surface area is 129 Å². The van der Waals surface area contributed by atoms with E-state index in [-0.39, 0.29) is 12.3 Å². The van der Waals surface area contributed by atoms with Crippen molar-refractivity contribution in [2.75, 3.05) is 18.1 Å². The molecule has 6 nitrogen and oxygen atoms in total. The first-order valence-corrected chi connectivity index (χ1v) is 8.62. The Hall–Kier alpha value is -1.54. The number of carbonyl (C=O) groups is 2. The molecule has 0 bridgehead atoms. The summed E-state index contributed by atoms with van der Waals surface area (Å²) in [4.78, 5) is 30.4. The average molecular weight is 325 g/mol. The third-order valence-corrected chi connectivity index (χ3v) is 5.38. The molecular formula is C13H15N3O3S2. The van der Waals surface area contributed by atoms with Crippen LogP contribution in [0.1, 0.15) is 11.4 Å². The number of imidazole rings is 1. The summed E-state index contributed by atoms with van der Waals surface area (Å²) in [5.41, 5.74) is 1.77. The van der Waals surface area contributed by atoms with Crippen molar-refractivity contribution in [3.8, 4) is 0 Å². The van der Waals surface area contributed by atoms with Crippen LogP contribution in [0.5, 0.6) is 0 Å². The van der Waals surface area contributed by atoms with E-state index in [0.717, 1.165) is 22.1 Å². The molecule has 3 rings (SSSR count). The Morgan fingerprint density at radius 2 is 2.33 bits per heavy atom. The highest BCUT2D eigenvalue weighted by Crippen LogP contribution is 2.21. The Balaban J connectivity index is 1.80. The van der Waals surface area contributed by atoms with E-state index in [1.807, 2.05) is 22.9 Å². The monoisotopic (exact) mass is 325 g/mol. The minimum absolute atomic E-state index is 0.131. The lowest BCUT2D eigenvalue weighted by atomic mass is 10.2. The van der Waals surface area contributed by atoms with Gasteiger partial charge in [-0.15, -0.1) is 11.3 Å². The normalized spacial score (nSPS) is 19.1. The van der Waals surface area contributed by atoms with Crippen LogP contribution in [0.4, 0.5) is 0 Å². The van der Waals surface area contributed by atoms with Gasteiger partial charge in [0.25, 0.3) is 0 Å². The molecule has 1 aliphatic heterocycles. The predicted octanol–water partition coefficient (Wildman–Crippen LogP) is 1.28. The second-order valence-corrected chi connectivity index (χ2v) is 6.94. The maximum atomic E-state index is 12.5. The van der Waals surface area contributed by atoms with Crippen molar-refractivity contribution in [3.05, 3.63) is 23.0 Å². The standard InChI is InChI=1S/C13H15N3O3S2/c1-8-5-16-9(6-21-13(16)14-8)4-11(17)15-2-3-20-7-10(15)12(18)19/h5-6,10H,2-4,7H2,1H3,(H,18,19). The SMILES string of the molecule is Cc1cn2c(CC(=O)N3CCSCC3C(=O)O)csc2n1. The van der Waals surface area contributed by atoms with E-state index < -0.39 is 12.0 Å². The van der Waals surface area contributed by atoms with E-state index in [1.165, 1.54) is 16.2 Å². The quantitative estimate of drug-likeness (QED) is 0.920. The molecule has 2 aromatic rings. The zero-order chi connectivity index (χ0) is 15.0. The van der Waals surface area contributed by atoms with Gasteiger partial charge in [0.1, 0.15) is 6.04 Å². The van der Waals surface area contributed by atoms with Gasteiger partial charge in [0.15, 0.2) is 4.96 Å². The summed E-state index contributed by atoms with van der Waals surface area (Å²) in [6, 6.07) is -0.713. The number of carboxylic acid groups (broad SMARTS) is 1. The van der Waals surface area contributed by atoms with Gasteiger partial charge in [-0.1, -0.05) is 0 Å². The maximum absolute atomic E-state index is 12.5. The van der Waals surface area contributed by atoms with E-state index in [1.54, 1.807) is 11.8 Å². The largest absolute Gasteiger partial charge is 0.480 e. The van der Waals surface area contributed by atoms with Gasteiger partial charge in [-0.05, 0) is 6.92 Å². The van der Waals surface area contributed by atoms with E-state index in [0.29, 0.717) is 12.3 Å². The molecule has 1 atom stereocenters. The van der Waals surface area contributed by atoms with Gasteiger partial charge in [-0.25, -0.2) is 9.78 Å². The molecule has 3 heterocycles. The summed E-state index contributed by atoms with van der Waals surface area (Å²) < 4.78 is 1.91. The Bertz CT molecular complexity index is 694. The van der Waals surface area contributed by atoms with Crippen molar-refractivity contribution in [1.29, 1.82) is 0 Å². The molecule has 1 saturated heterocycles. The molecular weight excluding hydrogens is 310 g/mol. The maximum Gasteiger partial charge on any atom is 0.327 e. The number of fused-ring (bicyclic) bond motifs is 1. The number of aryl methyl sites for hydroxylation is 1. The zero-order valence-corrected chi connectivity index (χ0v) is 13.1. The van der Waals surface area contributed by atoms with Crippen molar-refractivity contribution in [1.82, 2.24) is 14.3 Å². The number of aliphatic carboxylic acids is 1. The second-order valence-electron chi connectivity index (χ2n) is 4.95. The number of hydrogen-bond acceptors (Lipinski definition) is 5. The van der Waals surface area contributed by atoms with E-state index >= 15 is 0 Å². The number of carboxylic acids is 1. The molecule has 0 spiro atoms. The van der Waals surface area contributed by atoms with Crippen LogP contribution >= 0.6 is 23.1 Å². The van der Waals surface area contributed by atoms with Crippen LogP contribution in [0, 0.1) is 6.92 Å². The van der Waals surface area contributed by atoms with Gasteiger partial charge in [0.2, 0.25) is 5.91 Å². The number of thioether (sulfide) groups is 1. The number of hydrogen-bond donors (Lipinski definition) is 1. The fourth-order valence-electron chi connectivity index (χ4n) is 2.43. The van der Waals surface area contributed by atoms with Crippen LogP contribution in [0.2, 0.25) is 0 Å². The van der Waals surface area contributed by atoms with Crippen molar-refractivity contribution in [3.63, 3.8) is 0 Å². The predicted molar refractivity (Wildman–Crippen MR) is 82.0 cm³/mol. The van der Waals surface area contributed by atoms with Crippen LogP contribution < -0.4 is 0 Å². The number of carbonyl (C=O) groups excluding carboxylic acids is 1. The summed E-state index contributed by atoms with van der Waals surface area (Å²) in [6.07, 6.45) is 2.11. The molecule has 1 unspecified atom stereocenters. The van der Waals surface area contributed by atoms with Crippen molar-refractivity contribution in [2.45, 2.75) is 19.4 Å². The Morgan fingerprint density at radius 1 is 1.52 bits per heavy atom. The molecule has 1 aliphatic rings. The van der Waals surface area contributed by atoms with Gasteiger partial charge in [0.05, 0.1) is 12.1 Å². The lowest BCUT2D eigenvalue weighted by Gasteiger charge is -2.32. The third-order valence-electron chi connectivity index (χ3n) is 3.47. The second kappa shape index (κ2) is 5.69. The molecule has 1 N–H and O–H groups in total. The molecule has 21 heavy (non-hydrogen) atoms. The molecule has 0 saturated carbocycles. The van der Waals surface area contributed by atoms with E-state index in [4.69, 9.17) is 0 Å². The summed E-state index contributed by atoms with van der Waals surface area (Å²) in [5.74, 6) is 0.196. The van der Waals surface area contributed by atoms with Gasteiger partial charge in [-0.2, -0.15) is 11.8 Å². The van der Waals surface area contributed by atoms with Gasteiger partial charge in [0, 0.05) is 35.3 Å². The van der Waals surface area contributed by atoms with Gasteiger partial charge < -0.3 is 10.0 Å². The van der Waals surface area contributed by atoms with Crippen molar-refractivity contribution >= 4 is 39.9 Å². The molecule has 8 heteroatoms. The molecule has 1 amide bonds. The lowest BCUT2D eigenvalue weighted by Crippen LogP contribution is -2.50.